The average Bonchev–Trinajstić information content (AvgIpc) is 2.68. The monoisotopic (exact) mass is 444 g/mol. The van der Waals surface area contributed by atoms with E-state index in [0.29, 0.717) is 23.7 Å². The molecule has 2 aromatic carbocycles. The van der Waals surface area contributed by atoms with Crippen molar-refractivity contribution in [3.63, 3.8) is 0 Å². The van der Waals surface area contributed by atoms with Crippen LogP contribution in [-0.2, 0) is 16.1 Å². The molecule has 1 N–H and O–H groups in total. The molecule has 6 heteroatoms. The van der Waals surface area contributed by atoms with Crippen LogP contribution in [-0.4, -0.2) is 34.9 Å². The third-order valence-electron chi connectivity index (χ3n) is 4.85. The molecule has 0 fully saturated rings. The van der Waals surface area contributed by atoms with Gasteiger partial charge in [-0.2, -0.15) is 0 Å². The van der Waals surface area contributed by atoms with Gasteiger partial charge >= 0.3 is 0 Å². The number of carbonyl (C=O) groups excluding carboxylic acids is 2. The van der Waals surface area contributed by atoms with Crippen LogP contribution in [0.15, 0.2) is 42.5 Å². The quantitative estimate of drug-likeness (QED) is 0.619. The maximum Gasteiger partial charge on any atom is 0.261 e. The topological polar surface area (TPSA) is 58.6 Å². The van der Waals surface area contributed by atoms with Gasteiger partial charge < -0.3 is 15.0 Å². The van der Waals surface area contributed by atoms with E-state index in [9.17, 15) is 9.59 Å². The van der Waals surface area contributed by atoms with Crippen molar-refractivity contribution in [3.8, 4) is 5.75 Å². The maximum atomic E-state index is 13.2. The second-order valence-corrected chi connectivity index (χ2v) is 9.31. The number of amides is 2. The Morgan fingerprint density at radius 3 is 2.32 bits per heavy atom. The molecule has 5 nitrogen and oxygen atoms in total. The number of aryl methyl sites for hydroxylation is 2. The van der Waals surface area contributed by atoms with Crippen molar-refractivity contribution in [3.05, 3.63) is 64.2 Å². The number of benzene rings is 2. The summed E-state index contributed by atoms with van der Waals surface area (Å²) in [4.78, 5) is 27.8. The fourth-order valence-corrected chi connectivity index (χ4v) is 3.37. The summed E-state index contributed by atoms with van der Waals surface area (Å²) in [6.45, 7) is 11.7. The highest BCUT2D eigenvalue weighted by Crippen LogP contribution is 2.20. The lowest BCUT2D eigenvalue weighted by molar-refractivity contribution is -0.143. The Morgan fingerprint density at radius 2 is 1.74 bits per heavy atom. The summed E-state index contributed by atoms with van der Waals surface area (Å²) < 4.78 is 5.85. The zero-order valence-corrected chi connectivity index (χ0v) is 20.0. The third kappa shape index (κ3) is 7.59. The first-order chi connectivity index (χ1) is 14.5. The van der Waals surface area contributed by atoms with E-state index in [1.165, 1.54) is 0 Å². The van der Waals surface area contributed by atoms with E-state index in [0.717, 1.165) is 16.7 Å². The first-order valence-corrected chi connectivity index (χ1v) is 10.9. The van der Waals surface area contributed by atoms with Crippen LogP contribution in [0, 0.1) is 13.8 Å². The molecule has 0 heterocycles. The normalized spacial score (nSPS) is 12.2. The number of carbonyl (C=O) groups is 2. The highest BCUT2D eigenvalue weighted by molar-refractivity contribution is 6.30. The van der Waals surface area contributed by atoms with Crippen molar-refractivity contribution in [1.29, 1.82) is 0 Å². The van der Waals surface area contributed by atoms with Crippen LogP contribution in [0.3, 0.4) is 0 Å². The van der Waals surface area contributed by atoms with Gasteiger partial charge in [-0.15, -0.1) is 0 Å². The van der Waals surface area contributed by atoms with Gasteiger partial charge in [-0.1, -0.05) is 42.8 Å². The first-order valence-electron chi connectivity index (χ1n) is 10.6. The van der Waals surface area contributed by atoms with Crippen LogP contribution in [0.4, 0.5) is 0 Å². The van der Waals surface area contributed by atoms with Crippen molar-refractivity contribution in [1.82, 2.24) is 10.2 Å². The van der Waals surface area contributed by atoms with Gasteiger partial charge in [-0.3, -0.25) is 9.59 Å². The molecule has 2 amide bonds. The number of nitrogens with one attached hydrogen (secondary N) is 1. The van der Waals surface area contributed by atoms with E-state index in [-0.39, 0.29) is 18.4 Å². The Hall–Kier alpha value is -2.53. The minimum atomic E-state index is -0.607. The Labute approximate surface area is 190 Å². The summed E-state index contributed by atoms with van der Waals surface area (Å²) in [6, 6.07) is 12.6. The fourth-order valence-electron chi connectivity index (χ4n) is 3.24. The molecule has 0 saturated carbocycles. The van der Waals surface area contributed by atoms with Crippen LogP contribution in [0.2, 0.25) is 5.02 Å². The summed E-state index contributed by atoms with van der Waals surface area (Å²) in [6.07, 6.45) is 0.491. The minimum absolute atomic E-state index is 0.142. The number of hydrogen-bond donors (Lipinski definition) is 1. The molecule has 1 atom stereocenters. The lowest BCUT2D eigenvalue weighted by atomic mass is 10.1. The summed E-state index contributed by atoms with van der Waals surface area (Å²) >= 11 is 6.00. The summed E-state index contributed by atoms with van der Waals surface area (Å²) in [5, 5.41) is 3.62. The number of halogens is 1. The summed E-state index contributed by atoms with van der Waals surface area (Å²) in [5.41, 5.74) is 2.52. The van der Waals surface area contributed by atoms with Crippen molar-refractivity contribution >= 4 is 23.4 Å². The molecular formula is C25H33ClN2O3. The van der Waals surface area contributed by atoms with E-state index in [4.69, 9.17) is 16.3 Å². The molecule has 0 saturated heterocycles. The summed E-state index contributed by atoms with van der Waals surface area (Å²) in [7, 11) is 0. The van der Waals surface area contributed by atoms with Crippen LogP contribution < -0.4 is 10.1 Å². The van der Waals surface area contributed by atoms with Crippen molar-refractivity contribution in [2.75, 3.05) is 6.61 Å². The third-order valence-corrected chi connectivity index (χ3v) is 5.10. The Kier molecular flexibility index (Phi) is 8.52. The predicted molar refractivity (Wildman–Crippen MR) is 125 cm³/mol. The van der Waals surface area contributed by atoms with Crippen LogP contribution in [0.1, 0.15) is 50.8 Å². The molecule has 0 aliphatic heterocycles. The van der Waals surface area contributed by atoms with Gasteiger partial charge in [-0.25, -0.2) is 0 Å². The molecule has 31 heavy (non-hydrogen) atoms. The SMILES string of the molecule is CC[C@H](C(=O)NC(C)(C)C)N(Cc1ccc(Cl)cc1)C(=O)COc1cc(C)ccc1C. The van der Waals surface area contributed by atoms with Gasteiger partial charge in [0, 0.05) is 17.1 Å². The van der Waals surface area contributed by atoms with Crippen LogP contribution in [0.5, 0.6) is 5.75 Å². The Bertz CT molecular complexity index is 904. The maximum absolute atomic E-state index is 13.2. The van der Waals surface area contributed by atoms with Gasteiger partial charge in [0.25, 0.3) is 5.91 Å². The molecule has 0 bridgehead atoms. The Balaban J connectivity index is 2.26. The second kappa shape index (κ2) is 10.7. The smallest absolute Gasteiger partial charge is 0.261 e. The average molecular weight is 445 g/mol. The standard InChI is InChI=1S/C25H33ClN2O3/c1-7-21(24(30)27-25(4,5)6)28(15-19-10-12-20(26)13-11-19)23(29)16-31-22-14-17(2)8-9-18(22)3/h8-14,21H,7,15-16H2,1-6H3,(H,27,30)/t21-/m1/s1. The van der Waals surface area contributed by atoms with E-state index in [1.807, 2.05) is 71.9 Å². The van der Waals surface area contributed by atoms with Gasteiger partial charge in [-0.05, 0) is 75.9 Å². The number of nitrogens with zero attached hydrogens (tertiary/aromatic N) is 1. The zero-order valence-electron chi connectivity index (χ0n) is 19.3. The van der Waals surface area contributed by atoms with Gasteiger partial charge in [0.15, 0.2) is 6.61 Å². The van der Waals surface area contributed by atoms with Crippen molar-refractivity contribution in [2.24, 2.45) is 0 Å². The highest BCUT2D eigenvalue weighted by atomic mass is 35.5. The molecule has 2 rings (SSSR count). The molecule has 0 spiro atoms. The first kappa shape index (κ1) is 24.7. The fraction of sp³-hybridized carbons (Fsp3) is 0.440. The molecule has 0 aromatic heterocycles. The van der Waals surface area contributed by atoms with Crippen molar-refractivity contribution < 1.29 is 14.3 Å². The van der Waals surface area contributed by atoms with E-state index < -0.39 is 11.6 Å². The van der Waals surface area contributed by atoms with Crippen LogP contribution in [0.25, 0.3) is 0 Å². The highest BCUT2D eigenvalue weighted by Gasteiger charge is 2.31. The Morgan fingerprint density at radius 1 is 1.10 bits per heavy atom. The van der Waals surface area contributed by atoms with Gasteiger partial charge in [0.05, 0.1) is 0 Å². The second-order valence-electron chi connectivity index (χ2n) is 8.87. The molecule has 0 radical (unpaired) electrons. The van der Waals surface area contributed by atoms with E-state index >= 15 is 0 Å². The van der Waals surface area contributed by atoms with Gasteiger partial charge in [0.1, 0.15) is 11.8 Å². The van der Waals surface area contributed by atoms with E-state index in [2.05, 4.69) is 5.32 Å². The van der Waals surface area contributed by atoms with E-state index in [1.54, 1.807) is 17.0 Å². The minimum Gasteiger partial charge on any atom is -0.483 e. The lowest BCUT2D eigenvalue weighted by Gasteiger charge is -2.33. The molecule has 168 valence electrons. The number of ether oxygens (including phenoxy) is 1. The van der Waals surface area contributed by atoms with Gasteiger partial charge in [0.2, 0.25) is 5.91 Å². The largest absolute Gasteiger partial charge is 0.483 e. The number of hydrogen-bond acceptors (Lipinski definition) is 3. The zero-order chi connectivity index (χ0) is 23.2. The van der Waals surface area contributed by atoms with Crippen molar-refractivity contribution in [2.45, 2.75) is 66.1 Å². The molecular weight excluding hydrogens is 412 g/mol. The summed E-state index contributed by atoms with van der Waals surface area (Å²) in [5.74, 6) is 0.253. The molecule has 0 aliphatic carbocycles. The lowest BCUT2D eigenvalue weighted by Crippen LogP contribution is -2.54. The molecule has 0 unspecified atom stereocenters. The van der Waals surface area contributed by atoms with Crippen LogP contribution >= 0.6 is 11.6 Å². The predicted octanol–water partition coefficient (Wildman–Crippen LogP) is 5.06. The number of rotatable bonds is 8. The molecule has 0 aliphatic rings. The molecule has 2 aromatic rings.